The summed E-state index contributed by atoms with van der Waals surface area (Å²) < 4.78 is 2.19. The van der Waals surface area contributed by atoms with Gasteiger partial charge in [0.25, 0.3) is 0 Å². The van der Waals surface area contributed by atoms with E-state index in [1.165, 1.54) is 28.1 Å². The molecule has 1 aliphatic rings. The van der Waals surface area contributed by atoms with Crippen molar-refractivity contribution in [3.8, 4) is 22.3 Å². The van der Waals surface area contributed by atoms with Crippen molar-refractivity contribution in [2.24, 2.45) is 0 Å². The molecule has 0 aliphatic carbocycles. The fraction of sp³-hybridized carbons (Fsp3) is 0.231. The maximum Gasteiger partial charge on any atom is 0.135 e. The number of fused-ring (bicyclic) bond motifs is 1. The van der Waals surface area contributed by atoms with Gasteiger partial charge in [-0.1, -0.05) is 60.7 Å². The quantitative estimate of drug-likeness (QED) is 0.449. The molecule has 3 heterocycles. The van der Waals surface area contributed by atoms with E-state index >= 15 is 0 Å². The zero-order valence-electron chi connectivity index (χ0n) is 17.5. The molecule has 0 amide bonds. The lowest BCUT2D eigenvalue weighted by atomic mass is 9.94. The van der Waals surface area contributed by atoms with Gasteiger partial charge < -0.3 is 4.90 Å². The molecule has 0 bridgehead atoms. The Labute approximate surface area is 177 Å². The zero-order valence-corrected chi connectivity index (χ0v) is 17.5. The third kappa shape index (κ3) is 3.39. The molecule has 2 aromatic carbocycles. The van der Waals surface area contributed by atoms with Crippen LogP contribution in [0.3, 0.4) is 0 Å². The molecule has 0 saturated heterocycles. The number of hydrogen-bond donors (Lipinski definition) is 0. The van der Waals surface area contributed by atoms with Crippen molar-refractivity contribution in [2.45, 2.75) is 33.4 Å². The molecule has 4 nitrogen and oxygen atoms in total. The molecule has 4 heteroatoms. The fourth-order valence-electron chi connectivity index (χ4n) is 4.49. The maximum absolute atomic E-state index is 4.93. The second kappa shape index (κ2) is 7.79. The summed E-state index contributed by atoms with van der Waals surface area (Å²) in [5.74, 6) is 1.21. The van der Waals surface area contributed by atoms with Crippen LogP contribution in [0.25, 0.3) is 22.3 Å². The Bertz CT molecular complexity index is 1180. The standard InChI is InChI=1S/C26H26N4/c1-19-10-8-13-22(27-19)18-29-16-9-17-30-26(29)25(20(2)28-30)24-15-7-6-14-23(24)21-11-4-3-5-12-21/h3-8,10-15H,9,16-18H2,1-2H3. The number of hydrogen-bond acceptors (Lipinski definition) is 3. The Morgan fingerprint density at radius 2 is 1.57 bits per heavy atom. The fourth-order valence-corrected chi connectivity index (χ4v) is 4.49. The second-order valence-corrected chi connectivity index (χ2v) is 7.96. The first-order valence-electron chi connectivity index (χ1n) is 10.6. The van der Waals surface area contributed by atoms with E-state index in [-0.39, 0.29) is 0 Å². The first-order chi connectivity index (χ1) is 14.7. The number of nitrogens with zero attached hydrogens (tertiary/aromatic N) is 4. The largest absolute Gasteiger partial charge is 0.350 e. The average molecular weight is 395 g/mol. The Hall–Kier alpha value is -3.40. The minimum absolute atomic E-state index is 0.799. The minimum Gasteiger partial charge on any atom is -0.350 e. The summed E-state index contributed by atoms with van der Waals surface area (Å²) in [6, 6.07) is 25.6. The van der Waals surface area contributed by atoms with Gasteiger partial charge in [-0.15, -0.1) is 0 Å². The van der Waals surface area contributed by atoms with Gasteiger partial charge in [-0.05, 0) is 49.1 Å². The van der Waals surface area contributed by atoms with Gasteiger partial charge in [0.05, 0.1) is 17.9 Å². The van der Waals surface area contributed by atoms with Gasteiger partial charge in [0.2, 0.25) is 0 Å². The molecule has 0 saturated carbocycles. The van der Waals surface area contributed by atoms with E-state index in [1.807, 2.05) is 0 Å². The Balaban J connectivity index is 1.63. The van der Waals surface area contributed by atoms with Crippen LogP contribution in [0, 0.1) is 13.8 Å². The number of rotatable bonds is 4. The van der Waals surface area contributed by atoms with Crippen LogP contribution in [0.2, 0.25) is 0 Å². The molecule has 0 radical (unpaired) electrons. The van der Waals surface area contributed by atoms with Gasteiger partial charge in [0.15, 0.2) is 0 Å². The number of aryl methyl sites for hydroxylation is 3. The van der Waals surface area contributed by atoms with E-state index in [4.69, 9.17) is 10.1 Å². The van der Waals surface area contributed by atoms with E-state index in [2.05, 4.69) is 96.2 Å². The molecule has 0 spiro atoms. The van der Waals surface area contributed by atoms with Crippen LogP contribution in [0.4, 0.5) is 5.82 Å². The lowest BCUT2D eigenvalue weighted by Crippen LogP contribution is -2.32. The summed E-state index contributed by atoms with van der Waals surface area (Å²) in [6.07, 6.45) is 1.10. The SMILES string of the molecule is Cc1cccc(CN2CCCn3nc(C)c(-c4ccccc4-c4ccccc4)c32)n1. The van der Waals surface area contributed by atoms with Crippen LogP contribution >= 0.6 is 0 Å². The van der Waals surface area contributed by atoms with E-state index in [9.17, 15) is 0 Å². The molecular weight excluding hydrogens is 368 g/mol. The predicted octanol–water partition coefficient (Wildman–Crippen LogP) is 5.64. The van der Waals surface area contributed by atoms with Gasteiger partial charge in [0.1, 0.15) is 5.82 Å². The van der Waals surface area contributed by atoms with Crippen molar-refractivity contribution in [2.75, 3.05) is 11.4 Å². The molecule has 4 aromatic rings. The molecule has 150 valence electrons. The molecule has 0 atom stereocenters. The van der Waals surface area contributed by atoms with Gasteiger partial charge in [-0.3, -0.25) is 4.98 Å². The molecule has 0 fully saturated rings. The third-order valence-electron chi connectivity index (χ3n) is 5.78. The van der Waals surface area contributed by atoms with Gasteiger partial charge in [-0.2, -0.15) is 5.10 Å². The van der Waals surface area contributed by atoms with Crippen LogP contribution < -0.4 is 4.90 Å². The lowest BCUT2D eigenvalue weighted by Gasteiger charge is -2.31. The highest BCUT2D eigenvalue weighted by molar-refractivity contribution is 5.90. The highest BCUT2D eigenvalue weighted by Gasteiger charge is 2.27. The number of aromatic nitrogens is 3. The van der Waals surface area contributed by atoms with Gasteiger partial charge >= 0.3 is 0 Å². The number of anilines is 1. The maximum atomic E-state index is 4.93. The summed E-state index contributed by atoms with van der Waals surface area (Å²) in [4.78, 5) is 7.19. The Morgan fingerprint density at radius 1 is 0.800 bits per heavy atom. The van der Waals surface area contributed by atoms with Crippen LogP contribution in [0.1, 0.15) is 23.5 Å². The highest BCUT2D eigenvalue weighted by atomic mass is 15.4. The summed E-state index contributed by atoms with van der Waals surface area (Å²) >= 11 is 0. The first-order valence-corrected chi connectivity index (χ1v) is 10.6. The topological polar surface area (TPSA) is 34.0 Å². The number of benzene rings is 2. The summed E-state index contributed by atoms with van der Waals surface area (Å²) in [6.45, 7) is 6.96. The van der Waals surface area contributed by atoms with Crippen LogP contribution in [-0.2, 0) is 13.1 Å². The van der Waals surface area contributed by atoms with Gasteiger partial charge in [0, 0.05) is 24.3 Å². The minimum atomic E-state index is 0.799. The van der Waals surface area contributed by atoms with Crippen molar-refractivity contribution in [3.05, 3.63) is 89.9 Å². The number of pyridine rings is 1. The molecule has 5 rings (SSSR count). The Kier molecular flexibility index (Phi) is 4.83. The van der Waals surface area contributed by atoms with Crippen molar-refractivity contribution in [3.63, 3.8) is 0 Å². The summed E-state index contributed by atoms with van der Waals surface area (Å²) in [5, 5.41) is 4.93. The smallest absolute Gasteiger partial charge is 0.135 e. The molecule has 0 unspecified atom stereocenters. The molecule has 0 N–H and O–H groups in total. The normalized spacial score (nSPS) is 13.3. The summed E-state index contributed by atoms with van der Waals surface area (Å²) in [7, 11) is 0. The molecular formula is C26H26N4. The van der Waals surface area contributed by atoms with Crippen LogP contribution in [0.5, 0.6) is 0 Å². The van der Waals surface area contributed by atoms with Crippen molar-refractivity contribution in [1.29, 1.82) is 0 Å². The predicted molar refractivity (Wildman–Crippen MR) is 122 cm³/mol. The van der Waals surface area contributed by atoms with Gasteiger partial charge in [-0.25, -0.2) is 4.68 Å². The third-order valence-corrected chi connectivity index (χ3v) is 5.78. The second-order valence-electron chi connectivity index (χ2n) is 7.96. The highest BCUT2D eigenvalue weighted by Crippen LogP contribution is 2.41. The monoisotopic (exact) mass is 394 g/mol. The average Bonchev–Trinajstić information content (AvgIpc) is 3.11. The van der Waals surface area contributed by atoms with Crippen LogP contribution in [-0.4, -0.2) is 21.3 Å². The van der Waals surface area contributed by atoms with Crippen molar-refractivity contribution < 1.29 is 0 Å². The van der Waals surface area contributed by atoms with E-state index in [0.717, 1.165) is 43.1 Å². The zero-order chi connectivity index (χ0) is 20.5. The Morgan fingerprint density at radius 3 is 2.37 bits per heavy atom. The van der Waals surface area contributed by atoms with Crippen LogP contribution in [0.15, 0.2) is 72.8 Å². The van der Waals surface area contributed by atoms with Crippen molar-refractivity contribution >= 4 is 5.82 Å². The van der Waals surface area contributed by atoms with E-state index in [0.29, 0.717) is 0 Å². The van der Waals surface area contributed by atoms with E-state index < -0.39 is 0 Å². The summed E-state index contributed by atoms with van der Waals surface area (Å²) in [5.41, 5.74) is 8.20. The molecule has 2 aromatic heterocycles. The molecule has 30 heavy (non-hydrogen) atoms. The lowest BCUT2D eigenvalue weighted by molar-refractivity contribution is 0.512. The molecule has 1 aliphatic heterocycles. The van der Waals surface area contributed by atoms with Crippen molar-refractivity contribution in [1.82, 2.24) is 14.8 Å². The first kappa shape index (κ1) is 18.6. The van der Waals surface area contributed by atoms with E-state index in [1.54, 1.807) is 0 Å².